The Morgan fingerprint density at radius 1 is 1.00 bits per heavy atom. The number of carbonyl (C=O) groups is 2. The van der Waals surface area contributed by atoms with Crippen LogP contribution in [0.5, 0.6) is 5.75 Å². The van der Waals surface area contributed by atoms with Gasteiger partial charge in [-0.15, -0.1) is 0 Å². The van der Waals surface area contributed by atoms with Gasteiger partial charge < -0.3 is 15.0 Å². The lowest BCUT2D eigenvalue weighted by Gasteiger charge is -2.32. The summed E-state index contributed by atoms with van der Waals surface area (Å²) >= 11 is 0. The third-order valence-electron chi connectivity index (χ3n) is 6.20. The van der Waals surface area contributed by atoms with E-state index >= 15 is 0 Å². The number of nitrogens with zero attached hydrogens (tertiary/aromatic N) is 2. The Balaban J connectivity index is 2.12. The van der Waals surface area contributed by atoms with Crippen LogP contribution in [-0.2, 0) is 26.2 Å². The Morgan fingerprint density at radius 2 is 1.63 bits per heavy atom. The zero-order valence-corrected chi connectivity index (χ0v) is 22.9. The van der Waals surface area contributed by atoms with Crippen molar-refractivity contribution in [2.75, 3.05) is 25.0 Å². The average molecular weight is 542 g/mol. The molecule has 0 aliphatic carbocycles. The maximum Gasteiger partial charge on any atom is 0.264 e. The molecule has 0 saturated heterocycles. The van der Waals surface area contributed by atoms with Crippen LogP contribution in [0.4, 0.5) is 10.1 Å². The zero-order valence-electron chi connectivity index (χ0n) is 22.1. The molecule has 0 radical (unpaired) electrons. The number of benzene rings is 3. The Morgan fingerprint density at radius 3 is 2.24 bits per heavy atom. The molecule has 1 atom stereocenters. The number of rotatable bonds is 10. The minimum atomic E-state index is -4.25. The van der Waals surface area contributed by atoms with E-state index in [0.29, 0.717) is 0 Å². The van der Waals surface area contributed by atoms with Gasteiger partial charge in [-0.25, -0.2) is 12.8 Å². The van der Waals surface area contributed by atoms with Gasteiger partial charge in [0.1, 0.15) is 24.2 Å². The van der Waals surface area contributed by atoms with Crippen LogP contribution in [0.3, 0.4) is 0 Å². The summed E-state index contributed by atoms with van der Waals surface area (Å²) < 4.78 is 48.8. The molecule has 3 aromatic rings. The first-order valence-corrected chi connectivity index (χ1v) is 13.4. The summed E-state index contributed by atoms with van der Waals surface area (Å²) in [4.78, 5) is 27.5. The number of ether oxygens (including phenoxy) is 1. The lowest BCUT2D eigenvalue weighted by Crippen LogP contribution is -2.50. The average Bonchev–Trinajstić information content (AvgIpc) is 2.90. The van der Waals surface area contributed by atoms with Crippen LogP contribution < -0.4 is 14.4 Å². The van der Waals surface area contributed by atoms with E-state index in [1.807, 2.05) is 6.92 Å². The molecule has 0 aromatic heterocycles. The highest BCUT2D eigenvalue weighted by atomic mass is 32.2. The summed E-state index contributed by atoms with van der Waals surface area (Å²) in [6.07, 6.45) is 0. The highest BCUT2D eigenvalue weighted by molar-refractivity contribution is 7.92. The monoisotopic (exact) mass is 541 g/mol. The molecular weight excluding hydrogens is 509 g/mol. The largest absolute Gasteiger partial charge is 0.495 e. The van der Waals surface area contributed by atoms with Gasteiger partial charge in [0, 0.05) is 19.2 Å². The minimum Gasteiger partial charge on any atom is -0.495 e. The molecule has 0 aliphatic heterocycles. The second-order valence-corrected chi connectivity index (χ2v) is 10.8. The zero-order chi connectivity index (χ0) is 28.0. The van der Waals surface area contributed by atoms with Crippen molar-refractivity contribution in [3.05, 3.63) is 89.2 Å². The van der Waals surface area contributed by atoms with Gasteiger partial charge in [0.05, 0.1) is 17.7 Å². The van der Waals surface area contributed by atoms with Crippen LogP contribution in [0.25, 0.3) is 0 Å². The molecule has 0 saturated carbocycles. The number of aryl methyl sites for hydroxylation is 2. The predicted octanol–water partition coefficient (Wildman–Crippen LogP) is 3.81. The molecule has 0 fully saturated rings. The van der Waals surface area contributed by atoms with Crippen LogP contribution >= 0.6 is 0 Å². The quantitative estimate of drug-likeness (QED) is 0.421. The molecule has 38 heavy (non-hydrogen) atoms. The van der Waals surface area contributed by atoms with Gasteiger partial charge in [0.15, 0.2) is 0 Å². The maximum atomic E-state index is 14.5. The van der Waals surface area contributed by atoms with Gasteiger partial charge in [0.25, 0.3) is 10.0 Å². The fraction of sp³-hybridized carbons (Fsp3) is 0.286. The number of methoxy groups -OCH3 is 1. The second-order valence-electron chi connectivity index (χ2n) is 8.90. The second kappa shape index (κ2) is 12.1. The third kappa shape index (κ3) is 6.31. The Hall–Kier alpha value is -3.92. The highest BCUT2D eigenvalue weighted by Gasteiger charge is 2.34. The SMILES string of the molecule is CNC(=O)[C@@H](C)N(Cc1ccccc1F)C(=O)CN(c1cc(C)ccc1OC)S(=O)(=O)c1ccc(C)cc1. The molecule has 3 rings (SSSR count). The number of nitrogens with one attached hydrogen (secondary N) is 1. The third-order valence-corrected chi connectivity index (χ3v) is 7.98. The van der Waals surface area contributed by atoms with E-state index in [4.69, 9.17) is 4.74 Å². The Kier molecular flexibility index (Phi) is 9.11. The van der Waals surface area contributed by atoms with Crippen molar-refractivity contribution in [1.82, 2.24) is 10.2 Å². The van der Waals surface area contributed by atoms with Crippen molar-refractivity contribution in [1.29, 1.82) is 0 Å². The van der Waals surface area contributed by atoms with E-state index in [-0.39, 0.29) is 28.4 Å². The minimum absolute atomic E-state index is 0.0144. The first-order chi connectivity index (χ1) is 18.0. The lowest BCUT2D eigenvalue weighted by atomic mass is 10.1. The van der Waals surface area contributed by atoms with E-state index in [1.54, 1.807) is 43.3 Å². The number of hydrogen-bond acceptors (Lipinski definition) is 5. The summed E-state index contributed by atoms with van der Waals surface area (Å²) in [7, 11) is -1.42. The number of halogens is 1. The first-order valence-electron chi connectivity index (χ1n) is 12.0. The number of likely N-dealkylation sites (N-methyl/N-ethyl adjacent to an activating group) is 1. The maximum absolute atomic E-state index is 14.5. The van der Waals surface area contributed by atoms with E-state index in [9.17, 15) is 22.4 Å². The van der Waals surface area contributed by atoms with E-state index in [0.717, 1.165) is 20.3 Å². The van der Waals surface area contributed by atoms with Crippen molar-refractivity contribution < 1.29 is 27.1 Å². The van der Waals surface area contributed by atoms with E-state index in [2.05, 4.69) is 5.32 Å². The van der Waals surface area contributed by atoms with Gasteiger partial charge in [-0.3, -0.25) is 13.9 Å². The molecule has 10 heteroatoms. The van der Waals surface area contributed by atoms with E-state index < -0.39 is 40.2 Å². The van der Waals surface area contributed by atoms with Crippen molar-refractivity contribution in [2.45, 2.75) is 38.3 Å². The van der Waals surface area contributed by atoms with Crippen LogP contribution in [-0.4, -0.2) is 51.9 Å². The molecule has 1 N–H and O–H groups in total. The molecule has 202 valence electrons. The van der Waals surface area contributed by atoms with Crippen molar-refractivity contribution in [3.8, 4) is 5.75 Å². The number of amides is 2. The topological polar surface area (TPSA) is 96.0 Å². The molecule has 0 unspecified atom stereocenters. The summed E-state index contributed by atoms with van der Waals surface area (Å²) in [5.41, 5.74) is 1.98. The predicted molar refractivity (Wildman–Crippen MR) is 144 cm³/mol. The van der Waals surface area contributed by atoms with Gasteiger partial charge in [-0.1, -0.05) is 42.0 Å². The summed E-state index contributed by atoms with van der Waals surface area (Å²) in [5.74, 6) is -1.46. The van der Waals surface area contributed by atoms with Crippen molar-refractivity contribution in [3.63, 3.8) is 0 Å². The van der Waals surface area contributed by atoms with Gasteiger partial charge in [-0.05, 0) is 56.7 Å². The fourth-order valence-corrected chi connectivity index (χ4v) is 5.36. The van der Waals surface area contributed by atoms with Crippen LogP contribution in [0, 0.1) is 19.7 Å². The Labute approximate surface area is 223 Å². The number of carbonyl (C=O) groups excluding carboxylic acids is 2. The molecule has 0 heterocycles. The number of hydrogen-bond donors (Lipinski definition) is 1. The molecule has 0 aliphatic rings. The number of anilines is 1. The van der Waals surface area contributed by atoms with Crippen molar-refractivity contribution >= 4 is 27.5 Å². The molecular formula is C28H32FN3O5S. The van der Waals surface area contributed by atoms with Crippen LogP contribution in [0.15, 0.2) is 71.6 Å². The molecule has 8 nitrogen and oxygen atoms in total. The summed E-state index contributed by atoms with van der Waals surface area (Å²) in [6, 6.07) is 16.2. The van der Waals surface area contributed by atoms with E-state index in [1.165, 1.54) is 51.4 Å². The lowest BCUT2D eigenvalue weighted by molar-refractivity contribution is -0.139. The molecule has 0 spiro atoms. The van der Waals surface area contributed by atoms with Crippen LogP contribution in [0.2, 0.25) is 0 Å². The first kappa shape index (κ1) is 28.6. The van der Waals surface area contributed by atoms with Crippen LogP contribution in [0.1, 0.15) is 23.6 Å². The normalized spacial score (nSPS) is 11.9. The molecule has 3 aromatic carbocycles. The molecule has 0 bridgehead atoms. The summed E-state index contributed by atoms with van der Waals surface area (Å²) in [5, 5.41) is 2.49. The fourth-order valence-electron chi connectivity index (χ4n) is 3.95. The van der Waals surface area contributed by atoms with Gasteiger partial charge in [0.2, 0.25) is 11.8 Å². The smallest absolute Gasteiger partial charge is 0.264 e. The summed E-state index contributed by atoms with van der Waals surface area (Å²) in [6.45, 7) is 4.25. The number of sulfonamides is 1. The van der Waals surface area contributed by atoms with Crippen molar-refractivity contribution in [2.24, 2.45) is 0 Å². The highest BCUT2D eigenvalue weighted by Crippen LogP contribution is 2.34. The molecule has 2 amide bonds. The van der Waals surface area contributed by atoms with Gasteiger partial charge >= 0.3 is 0 Å². The van der Waals surface area contributed by atoms with Gasteiger partial charge in [-0.2, -0.15) is 0 Å². The Bertz CT molecular complexity index is 1410. The standard InChI is InChI=1S/C28H32FN3O5S/c1-19-10-13-23(14-11-19)38(35,36)32(25-16-20(2)12-15-26(25)37-5)18-27(33)31(21(3)28(34)30-4)17-22-8-6-7-9-24(22)29/h6-16,21H,17-18H2,1-5H3,(H,30,34)/t21-/m1/s1.